The average molecular weight is 174 g/mol. The fourth-order valence-corrected chi connectivity index (χ4v) is 1.18. The molecule has 0 heterocycles. The van der Waals surface area contributed by atoms with E-state index in [2.05, 4.69) is 12.6 Å². The van der Waals surface area contributed by atoms with Gasteiger partial charge in [0.2, 0.25) is 0 Å². The van der Waals surface area contributed by atoms with Crippen molar-refractivity contribution in [2.45, 2.75) is 6.92 Å². The molecule has 0 aliphatic rings. The molecular weight excluding hydrogens is 160 g/mol. The summed E-state index contributed by atoms with van der Waals surface area (Å²) in [5.41, 5.74) is 2.31. The molecule has 13 heavy (non-hydrogen) atoms. The van der Waals surface area contributed by atoms with E-state index in [1.165, 1.54) is 5.56 Å². The molecule has 1 nitrogen and oxygen atoms in total. The summed E-state index contributed by atoms with van der Waals surface area (Å²) in [4.78, 5) is 0. The molecule has 1 rings (SSSR count). The van der Waals surface area contributed by atoms with Gasteiger partial charge in [0.1, 0.15) is 5.75 Å². The first-order valence-electron chi connectivity index (χ1n) is 4.21. The van der Waals surface area contributed by atoms with Crippen LogP contribution in [-0.4, -0.2) is 7.11 Å². The van der Waals surface area contributed by atoms with Crippen molar-refractivity contribution in [3.05, 3.63) is 48.1 Å². The van der Waals surface area contributed by atoms with E-state index >= 15 is 0 Å². The van der Waals surface area contributed by atoms with Crippen molar-refractivity contribution in [2.75, 3.05) is 7.11 Å². The first-order valence-corrected chi connectivity index (χ1v) is 4.21. The molecule has 0 radical (unpaired) electrons. The molecule has 0 saturated heterocycles. The standard InChI is InChI=1S/C12H14O/c1-4-5-6-11-7-8-12(13-3)10(2)9-11/h4-9H,1H2,2-3H3. The maximum Gasteiger partial charge on any atom is 0.121 e. The van der Waals surface area contributed by atoms with E-state index in [0.717, 1.165) is 11.3 Å². The fourth-order valence-electron chi connectivity index (χ4n) is 1.18. The third kappa shape index (κ3) is 2.48. The Labute approximate surface area is 79.4 Å². The molecule has 1 aromatic rings. The summed E-state index contributed by atoms with van der Waals surface area (Å²) in [5.74, 6) is 0.927. The Balaban J connectivity index is 2.95. The van der Waals surface area contributed by atoms with Gasteiger partial charge in [0.25, 0.3) is 0 Å². The zero-order chi connectivity index (χ0) is 9.68. The lowest BCUT2D eigenvalue weighted by Crippen LogP contribution is -1.86. The van der Waals surface area contributed by atoms with E-state index in [-0.39, 0.29) is 0 Å². The topological polar surface area (TPSA) is 9.23 Å². The molecule has 0 amide bonds. The van der Waals surface area contributed by atoms with Crippen LogP contribution in [0.15, 0.2) is 36.9 Å². The number of allylic oxidation sites excluding steroid dienone is 2. The number of hydrogen-bond donors (Lipinski definition) is 0. The van der Waals surface area contributed by atoms with Gasteiger partial charge in [-0.15, -0.1) is 0 Å². The van der Waals surface area contributed by atoms with Crippen molar-refractivity contribution in [1.82, 2.24) is 0 Å². The molecule has 0 aliphatic carbocycles. The second-order valence-corrected chi connectivity index (χ2v) is 2.82. The van der Waals surface area contributed by atoms with E-state index in [4.69, 9.17) is 4.74 Å². The normalized spacial score (nSPS) is 10.3. The first kappa shape index (κ1) is 9.59. The van der Waals surface area contributed by atoms with Gasteiger partial charge in [0.05, 0.1) is 7.11 Å². The van der Waals surface area contributed by atoms with E-state index in [9.17, 15) is 0 Å². The molecule has 1 heteroatoms. The molecule has 68 valence electrons. The third-order valence-corrected chi connectivity index (χ3v) is 1.84. The van der Waals surface area contributed by atoms with Crippen LogP contribution in [0.5, 0.6) is 5.75 Å². The molecule has 0 fully saturated rings. The van der Waals surface area contributed by atoms with Crippen LogP contribution >= 0.6 is 0 Å². The van der Waals surface area contributed by atoms with Gasteiger partial charge in [-0.1, -0.05) is 30.9 Å². The number of ether oxygens (including phenoxy) is 1. The first-order chi connectivity index (χ1) is 6.27. The largest absolute Gasteiger partial charge is 0.496 e. The maximum absolute atomic E-state index is 5.16. The van der Waals surface area contributed by atoms with Crippen molar-refractivity contribution in [3.8, 4) is 5.75 Å². The summed E-state index contributed by atoms with van der Waals surface area (Å²) < 4.78 is 5.16. The molecule has 0 unspecified atom stereocenters. The molecule has 0 aliphatic heterocycles. The lowest BCUT2D eigenvalue weighted by Gasteiger charge is -2.04. The summed E-state index contributed by atoms with van der Waals surface area (Å²) in [7, 11) is 1.68. The minimum atomic E-state index is 0.927. The van der Waals surface area contributed by atoms with E-state index in [1.54, 1.807) is 13.2 Å². The van der Waals surface area contributed by atoms with Crippen LogP contribution in [0, 0.1) is 6.92 Å². The molecule has 1 aromatic carbocycles. The van der Waals surface area contributed by atoms with Gasteiger partial charge in [-0.3, -0.25) is 0 Å². The average Bonchev–Trinajstić information content (AvgIpc) is 2.15. The predicted molar refractivity (Wildman–Crippen MR) is 57.0 cm³/mol. The zero-order valence-electron chi connectivity index (χ0n) is 8.08. The van der Waals surface area contributed by atoms with Crippen LogP contribution in [0.3, 0.4) is 0 Å². The highest BCUT2D eigenvalue weighted by Gasteiger charge is 1.96. The van der Waals surface area contributed by atoms with E-state index in [0.29, 0.717) is 0 Å². The van der Waals surface area contributed by atoms with Crippen molar-refractivity contribution in [2.24, 2.45) is 0 Å². The molecule has 0 saturated carbocycles. The van der Waals surface area contributed by atoms with Gasteiger partial charge in [-0.25, -0.2) is 0 Å². The van der Waals surface area contributed by atoms with Crippen LogP contribution in [-0.2, 0) is 0 Å². The van der Waals surface area contributed by atoms with Crippen molar-refractivity contribution in [1.29, 1.82) is 0 Å². The van der Waals surface area contributed by atoms with Gasteiger partial charge >= 0.3 is 0 Å². The van der Waals surface area contributed by atoms with Gasteiger partial charge in [0, 0.05) is 0 Å². The minimum absolute atomic E-state index is 0.927. The Morgan fingerprint density at radius 1 is 1.38 bits per heavy atom. The molecule has 0 N–H and O–H groups in total. The van der Waals surface area contributed by atoms with Crippen molar-refractivity contribution in [3.63, 3.8) is 0 Å². The highest BCUT2D eigenvalue weighted by atomic mass is 16.5. The third-order valence-electron chi connectivity index (χ3n) is 1.84. The number of aryl methyl sites for hydroxylation is 1. The zero-order valence-corrected chi connectivity index (χ0v) is 8.08. The second kappa shape index (κ2) is 4.51. The molecule has 0 atom stereocenters. The van der Waals surface area contributed by atoms with Crippen LogP contribution in [0.25, 0.3) is 6.08 Å². The monoisotopic (exact) mass is 174 g/mol. The molecular formula is C12H14O. The molecule has 0 spiro atoms. The Hall–Kier alpha value is -1.50. The number of rotatable bonds is 3. The second-order valence-electron chi connectivity index (χ2n) is 2.82. The highest BCUT2D eigenvalue weighted by molar-refractivity contribution is 5.54. The molecule has 0 bridgehead atoms. The van der Waals surface area contributed by atoms with E-state index < -0.39 is 0 Å². The van der Waals surface area contributed by atoms with Gasteiger partial charge < -0.3 is 4.74 Å². The van der Waals surface area contributed by atoms with Crippen LogP contribution < -0.4 is 4.74 Å². The fraction of sp³-hybridized carbons (Fsp3) is 0.167. The van der Waals surface area contributed by atoms with E-state index in [1.807, 2.05) is 31.2 Å². The smallest absolute Gasteiger partial charge is 0.121 e. The summed E-state index contributed by atoms with van der Waals surface area (Å²) in [5, 5.41) is 0. The van der Waals surface area contributed by atoms with Gasteiger partial charge in [-0.05, 0) is 30.2 Å². The number of methoxy groups -OCH3 is 1. The van der Waals surface area contributed by atoms with Gasteiger partial charge in [-0.2, -0.15) is 0 Å². The maximum atomic E-state index is 5.16. The predicted octanol–water partition coefficient (Wildman–Crippen LogP) is 3.20. The summed E-state index contributed by atoms with van der Waals surface area (Å²) in [6.45, 7) is 5.65. The minimum Gasteiger partial charge on any atom is -0.496 e. The van der Waals surface area contributed by atoms with Crippen LogP contribution in [0.1, 0.15) is 11.1 Å². The Bertz CT molecular complexity index is 324. The molecule has 0 aromatic heterocycles. The Morgan fingerprint density at radius 2 is 2.15 bits per heavy atom. The Morgan fingerprint density at radius 3 is 2.69 bits per heavy atom. The highest BCUT2D eigenvalue weighted by Crippen LogP contribution is 2.18. The van der Waals surface area contributed by atoms with Crippen LogP contribution in [0.4, 0.5) is 0 Å². The summed E-state index contributed by atoms with van der Waals surface area (Å²) in [6.07, 6.45) is 5.69. The van der Waals surface area contributed by atoms with Crippen molar-refractivity contribution < 1.29 is 4.74 Å². The lowest BCUT2D eigenvalue weighted by molar-refractivity contribution is 0.411. The summed E-state index contributed by atoms with van der Waals surface area (Å²) in [6, 6.07) is 6.07. The lowest BCUT2D eigenvalue weighted by atomic mass is 10.1. The quantitative estimate of drug-likeness (QED) is 0.639. The van der Waals surface area contributed by atoms with Crippen LogP contribution in [0.2, 0.25) is 0 Å². The Kier molecular flexibility index (Phi) is 3.32. The summed E-state index contributed by atoms with van der Waals surface area (Å²) >= 11 is 0. The van der Waals surface area contributed by atoms with Crippen molar-refractivity contribution >= 4 is 6.08 Å². The number of benzene rings is 1. The number of hydrogen-bond acceptors (Lipinski definition) is 1. The SMILES string of the molecule is C=CC=Cc1ccc(OC)c(C)c1. The van der Waals surface area contributed by atoms with Gasteiger partial charge in [0.15, 0.2) is 0 Å².